The van der Waals surface area contributed by atoms with Crippen molar-refractivity contribution < 1.29 is 56.3 Å². The molecule has 3 heterocycles. The van der Waals surface area contributed by atoms with Crippen molar-refractivity contribution in [1.82, 2.24) is 50.7 Å². The lowest BCUT2D eigenvalue weighted by Crippen LogP contribution is -2.54. The van der Waals surface area contributed by atoms with Crippen molar-refractivity contribution in [3.63, 3.8) is 0 Å². The molecule has 4 unspecified atom stereocenters. The van der Waals surface area contributed by atoms with Gasteiger partial charge in [-0.2, -0.15) is 16.9 Å². The predicted molar refractivity (Wildman–Crippen MR) is 307 cm³/mol. The highest BCUT2D eigenvalue weighted by Crippen LogP contribution is 2.40. The Hall–Kier alpha value is -7.96. The number of primary amides is 1. The molecule has 4 atom stereocenters. The number of hydrogen-bond acceptors (Lipinski definition) is 12. The third-order valence-corrected chi connectivity index (χ3v) is 14.8. The molecule has 21 nitrogen and oxygen atoms in total. The predicted octanol–water partition coefficient (Wildman–Crippen LogP) is 6.98. The lowest BCUT2D eigenvalue weighted by molar-refractivity contribution is -0.137. The van der Waals surface area contributed by atoms with E-state index >= 15 is 4.39 Å². The Morgan fingerprint density at radius 3 is 2.18 bits per heavy atom. The molecule has 2 aliphatic heterocycles. The first-order valence-corrected chi connectivity index (χ1v) is 28.9. The van der Waals surface area contributed by atoms with E-state index in [1.165, 1.54) is 12.2 Å². The molecule has 83 heavy (non-hydrogen) atoms. The third-order valence-electron chi connectivity index (χ3n) is 13.8. The average Bonchev–Trinajstić information content (AvgIpc) is 3.80. The minimum Gasteiger partial charge on any atom is -0.445 e. The molecule has 25 heteroatoms. The molecule has 0 spiro atoms. The van der Waals surface area contributed by atoms with Gasteiger partial charge in [-0.25, -0.2) is 37.2 Å². The van der Waals surface area contributed by atoms with Gasteiger partial charge in [-0.1, -0.05) is 83.5 Å². The molecular weight excluding hydrogens is 1100 g/mol. The van der Waals surface area contributed by atoms with E-state index in [1.54, 1.807) is 64.4 Å². The molecule has 0 radical (unpaired) electrons. The summed E-state index contributed by atoms with van der Waals surface area (Å²) in [5, 5.41) is 18.0. The maximum absolute atomic E-state index is 15.3. The Morgan fingerprint density at radius 1 is 0.831 bits per heavy atom. The Labute approximate surface area is 485 Å². The molecule has 4 aromatic rings. The number of amides is 10. The summed E-state index contributed by atoms with van der Waals surface area (Å²) < 4.78 is 51.9. The lowest BCUT2D eigenvalue weighted by Gasteiger charge is -2.42. The van der Waals surface area contributed by atoms with Crippen LogP contribution >= 0.6 is 11.8 Å². The molecule has 7 N–H and O–H groups in total. The molecule has 1 fully saturated rings. The van der Waals surface area contributed by atoms with Gasteiger partial charge in [0.1, 0.15) is 37.0 Å². The summed E-state index contributed by atoms with van der Waals surface area (Å²) in [5.41, 5.74) is 5.96. The highest BCUT2D eigenvalue weighted by Gasteiger charge is 2.41. The number of ether oxygens (including phenoxy) is 1. The second-order valence-corrected chi connectivity index (χ2v) is 22.9. The fourth-order valence-corrected chi connectivity index (χ4v) is 10.3. The molecule has 1 aromatic heterocycles. The van der Waals surface area contributed by atoms with Crippen molar-refractivity contribution in [1.29, 1.82) is 0 Å². The molecule has 0 saturated carbocycles. The number of urea groups is 2. The molecule has 2 aliphatic rings. The summed E-state index contributed by atoms with van der Waals surface area (Å²) in [6.07, 6.45) is 3.35. The van der Waals surface area contributed by atoms with E-state index in [0.717, 1.165) is 28.7 Å². The number of nitrogens with zero attached hydrogens (tertiary/aromatic N) is 6. The van der Waals surface area contributed by atoms with Gasteiger partial charge in [-0.3, -0.25) is 28.9 Å². The number of anilines is 1. The van der Waals surface area contributed by atoms with Crippen LogP contribution in [-0.2, 0) is 41.9 Å². The normalized spacial score (nSPS) is 14.9. The summed E-state index contributed by atoms with van der Waals surface area (Å²) in [6.45, 7) is 9.33. The standard InChI is InChI=1S/C58H75F3N12O9S/c1-37(2)49(67-46(74)16-10-7-11-27-71-47(75)23-24-48(71)76)54(78)66-45(15-12-26-63-55(62)79)53(77)64-41-20-17-39(18-21-41)36-82-56(80)65-42(34-59)25-28-72(57(81)70-29-31-83-32-30-70)50(58(3,4)5)52-68-51(43-33-40(60)19-22-44(43)61)69-73(52)35-38-13-8-6-9-14-38/h6,8-9,13-14,17-24,33,37,42,45,49-50H,7,10-12,15-16,25-32,34-36H2,1-5H3,(H,64,77)(H,65,80)(H,66,78)(H,67,74)(H3,62,63,79). The van der Waals surface area contributed by atoms with E-state index in [1.807, 2.05) is 51.1 Å². The molecule has 3 aromatic carbocycles. The van der Waals surface area contributed by atoms with Crippen molar-refractivity contribution in [3.05, 3.63) is 114 Å². The third kappa shape index (κ3) is 19.3. The minimum atomic E-state index is -1.12. The average molecular weight is 1170 g/mol. The van der Waals surface area contributed by atoms with Crippen molar-refractivity contribution in [2.75, 3.05) is 56.2 Å². The van der Waals surface area contributed by atoms with Crippen molar-refractivity contribution in [3.8, 4) is 11.4 Å². The number of carbonyl (C=O) groups is 8. The number of alkyl carbamates (subject to hydrolysis) is 1. The monoisotopic (exact) mass is 1170 g/mol. The first-order chi connectivity index (χ1) is 39.6. The summed E-state index contributed by atoms with van der Waals surface area (Å²) in [4.78, 5) is 113. The van der Waals surface area contributed by atoms with Crippen LogP contribution in [-0.4, -0.2) is 146 Å². The van der Waals surface area contributed by atoms with Gasteiger partial charge >= 0.3 is 18.2 Å². The number of aromatic nitrogens is 3. The number of rotatable bonds is 28. The zero-order valence-electron chi connectivity index (χ0n) is 47.5. The minimum absolute atomic E-state index is 0.0519. The second kappa shape index (κ2) is 30.9. The Kier molecular flexibility index (Phi) is 23.9. The highest BCUT2D eigenvalue weighted by atomic mass is 32.2. The van der Waals surface area contributed by atoms with Crippen molar-refractivity contribution in [2.45, 2.75) is 117 Å². The molecule has 1 saturated heterocycles. The van der Waals surface area contributed by atoms with Gasteiger partial charge < -0.3 is 46.9 Å². The van der Waals surface area contributed by atoms with Gasteiger partial charge in [0.05, 0.1) is 24.2 Å². The first-order valence-electron chi connectivity index (χ1n) is 27.7. The molecule has 6 rings (SSSR count). The fraction of sp³-hybridized carbons (Fsp3) is 0.483. The number of nitrogens with two attached hydrogens (primary N) is 1. The molecule has 10 amide bonds. The topological polar surface area (TPSA) is 272 Å². The van der Waals surface area contributed by atoms with Crippen LogP contribution in [0.4, 0.5) is 33.2 Å². The number of alkyl halides is 1. The number of benzene rings is 3. The largest absolute Gasteiger partial charge is 0.445 e. The van der Waals surface area contributed by atoms with Crippen LogP contribution in [0.3, 0.4) is 0 Å². The number of carbonyl (C=O) groups excluding carboxylic acids is 8. The Bertz CT molecular complexity index is 2900. The number of thioether (sulfide) groups is 1. The van der Waals surface area contributed by atoms with Crippen LogP contribution in [0.2, 0.25) is 0 Å². The molecular formula is C58H75F3N12O9S. The lowest BCUT2D eigenvalue weighted by atomic mass is 9.84. The van der Waals surface area contributed by atoms with Crippen LogP contribution in [0.15, 0.2) is 84.9 Å². The van der Waals surface area contributed by atoms with Crippen molar-refractivity contribution >= 4 is 65.1 Å². The number of unbranched alkanes of at least 4 members (excludes halogenated alkanes) is 2. The summed E-state index contributed by atoms with van der Waals surface area (Å²) >= 11 is 1.71. The van der Waals surface area contributed by atoms with E-state index in [2.05, 4.69) is 26.6 Å². The number of imide groups is 1. The summed E-state index contributed by atoms with van der Waals surface area (Å²) in [7, 11) is 0. The Balaban J connectivity index is 1.08. The van der Waals surface area contributed by atoms with Gasteiger partial charge in [0.15, 0.2) is 11.6 Å². The fourth-order valence-electron chi connectivity index (χ4n) is 9.44. The Morgan fingerprint density at radius 2 is 1.53 bits per heavy atom. The maximum atomic E-state index is 15.3. The second-order valence-electron chi connectivity index (χ2n) is 21.7. The van der Waals surface area contributed by atoms with Crippen LogP contribution in [0.1, 0.15) is 103 Å². The molecule has 0 bridgehead atoms. The van der Waals surface area contributed by atoms with E-state index in [4.69, 9.17) is 20.6 Å². The quantitative estimate of drug-likeness (QED) is 0.0248. The van der Waals surface area contributed by atoms with Gasteiger partial charge in [-0.05, 0) is 84.9 Å². The van der Waals surface area contributed by atoms with E-state index in [-0.39, 0.29) is 93.6 Å². The number of halogens is 3. The maximum Gasteiger partial charge on any atom is 0.407 e. The van der Waals surface area contributed by atoms with Gasteiger partial charge in [0.2, 0.25) is 17.7 Å². The van der Waals surface area contributed by atoms with E-state index in [9.17, 15) is 47.1 Å². The van der Waals surface area contributed by atoms with Gasteiger partial charge in [-0.15, -0.1) is 0 Å². The van der Waals surface area contributed by atoms with Gasteiger partial charge in [0, 0.05) is 68.5 Å². The first kappa shape index (κ1) is 64.2. The van der Waals surface area contributed by atoms with Gasteiger partial charge in [0.25, 0.3) is 11.8 Å². The summed E-state index contributed by atoms with van der Waals surface area (Å²) in [5.74, 6) is -2.53. The smallest absolute Gasteiger partial charge is 0.407 e. The highest BCUT2D eigenvalue weighted by molar-refractivity contribution is 7.99. The molecule has 0 aliphatic carbocycles. The SMILES string of the molecule is CC(C)C(NC(=O)CCCCCN1C(=O)C=CC1=O)C(=O)NC(CCCNC(N)=O)C(=O)Nc1ccc(COC(=O)NC(CF)CCN(C(=O)N2CCSCC2)C(c2nc(-c3cc(F)ccc3F)nn2Cc2ccccc2)C(C)(C)C)cc1. The van der Waals surface area contributed by atoms with E-state index < -0.39 is 77.7 Å². The van der Waals surface area contributed by atoms with Crippen LogP contribution < -0.4 is 32.3 Å². The van der Waals surface area contributed by atoms with Crippen LogP contribution in [0, 0.1) is 23.0 Å². The number of nitrogens with one attached hydrogen (secondary N) is 5. The zero-order chi connectivity index (χ0) is 60.2. The molecule has 448 valence electrons. The number of hydrogen-bond donors (Lipinski definition) is 6. The van der Waals surface area contributed by atoms with Crippen LogP contribution in [0.25, 0.3) is 11.4 Å². The summed E-state index contributed by atoms with van der Waals surface area (Å²) in [6, 6.07) is 13.5. The zero-order valence-corrected chi connectivity index (χ0v) is 48.3. The van der Waals surface area contributed by atoms with E-state index in [0.29, 0.717) is 60.9 Å². The van der Waals surface area contributed by atoms with Crippen molar-refractivity contribution in [2.24, 2.45) is 17.1 Å². The van der Waals surface area contributed by atoms with Crippen LogP contribution in [0.5, 0.6) is 0 Å².